The number of hydrogen-bond donors (Lipinski definition) is 3. The summed E-state index contributed by atoms with van der Waals surface area (Å²) in [7, 11) is 0. The number of nitrogens with zero attached hydrogens (tertiary/aromatic N) is 1. The lowest BCUT2D eigenvalue weighted by Gasteiger charge is -2.28. The SMILES string of the molecule is CC(C)(CO)C(O)C(=O)NCCN(CCCc1ccccc1)C(=O)CF. The molecule has 1 unspecified atom stereocenters. The van der Waals surface area contributed by atoms with E-state index in [1.165, 1.54) is 4.90 Å². The first kappa shape index (κ1) is 22.1. The number of carbonyl (C=O) groups excluding carboxylic acids is 2. The van der Waals surface area contributed by atoms with Crippen molar-refractivity contribution in [3.8, 4) is 0 Å². The van der Waals surface area contributed by atoms with Crippen LogP contribution in [0.4, 0.5) is 4.39 Å². The minimum atomic E-state index is -1.36. The molecule has 0 fully saturated rings. The maximum Gasteiger partial charge on any atom is 0.254 e. The van der Waals surface area contributed by atoms with Crippen LogP contribution in [0.25, 0.3) is 0 Å². The van der Waals surface area contributed by atoms with E-state index in [4.69, 9.17) is 0 Å². The van der Waals surface area contributed by atoms with Crippen molar-refractivity contribution in [2.24, 2.45) is 5.41 Å². The first-order valence-corrected chi connectivity index (χ1v) is 8.76. The van der Waals surface area contributed by atoms with E-state index < -0.39 is 30.0 Å². The Morgan fingerprint density at radius 1 is 1.23 bits per heavy atom. The first-order valence-electron chi connectivity index (χ1n) is 8.76. The smallest absolute Gasteiger partial charge is 0.254 e. The molecule has 0 saturated carbocycles. The van der Waals surface area contributed by atoms with Crippen LogP contribution in [0.3, 0.4) is 0 Å². The summed E-state index contributed by atoms with van der Waals surface area (Å²) < 4.78 is 12.8. The largest absolute Gasteiger partial charge is 0.396 e. The third-order valence-electron chi connectivity index (χ3n) is 4.28. The number of benzene rings is 1. The van der Waals surface area contributed by atoms with Crippen molar-refractivity contribution in [1.29, 1.82) is 0 Å². The van der Waals surface area contributed by atoms with Gasteiger partial charge in [-0.1, -0.05) is 44.2 Å². The molecule has 146 valence electrons. The van der Waals surface area contributed by atoms with E-state index in [1.807, 2.05) is 30.3 Å². The van der Waals surface area contributed by atoms with Crippen LogP contribution in [0.5, 0.6) is 0 Å². The zero-order valence-corrected chi connectivity index (χ0v) is 15.4. The number of amides is 2. The summed E-state index contributed by atoms with van der Waals surface area (Å²) in [6, 6.07) is 9.79. The Bertz CT molecular complexity index is 566. The number of aliphatic hydroxyl groups is 2. The van der Waals surface area contributed by atoms with Gasteiger partial charge in [-0.2, -0.15) is 0 Å². The van der Waals surface area contributed by atoms with Crippen LogP contribution in [0.1, 0.15) is 25.8 Å². The van der Waals surface area contributed by atoms with Crippen LogP contribution in [-0.4, -0.2) is 65.9 Å². The van der Waals surface area contributed by atoms with Gasteiger partial charge in [-0.3, -0.25) is 9.59 Å². The lowest BCUT2D eigenvalue weighted by atomic mass is 9.87. The molecular formula is C19H29FN2O4. The van der Waals surface area contributed by atoms with Crippen molar-refractivity contribution in [2.45, 2.75) is 32.8 Å². The van der Waals surface area contributed by atoms with E-state index in [2.05, 4.69) is 5.32 Å². The van der Waals surface area contributed by atoms with E-state index in [-0.39, 0.29) is 19.7 Å². The number of alkyl halides is 1. The molecule has 0 aliphatic rings. The van der Waals surface area contributed by atoms with Crippen molar-refractivity contribution >= 4 is 11.8 Å². The molecule has 7 heteroatoms. The fraction of sp³-hybridized carbons (Fsp3) is 0.579. The van der Waals surface area contributed by atoms with Crippen LogP contribution < -0.4 is 5.32 Å². The topological polar surface area (TPSA) is 89.9 Å². The quantitative estimate of drug-likeness (QED) is 0.542. The Hall–Kier alpha value is -1.99. The van der Waals surface area contributed by atoms with Crippen LogP contribution in [0.15, 0.2) is 30.3 Å². The minimum Gasteiger partial charge on any atom is -0.396 e. The Balaban J connectivity index is 2.45. The highest BCUT2D eigenvalue weighted by Crippen LogP contribution is 2.19. The van der Waals surface area contributed by atoms with E-state index in [9.17, 15) is 24.2 Å². The Kier molecular flexibility index (Phi) is 9.23. The van der Waals surface area contributed by atoms with Crippen molar-refractivity contribution in [3.05, 3.63) is 35.9 Å². The lowest BCUT2D eigenvalue weighted by Crippen LogP contribution is -2.48. The number of rotatable bonds is 11. The molecule has 0 aliphatic heterocycles. The fourth-order valence-electron chi connectivity index (χ4n) is 2.42. The summed E-state index contributed by atoms with van der Waals surface area (Å²) in [6.07, 6.45) is 0.0900. The zero-order chi connectivity index (χ0) is 19.6. The summed E-state index contributed by atoms with van der Waals surface area (Å²) in [4.78, 5) is 25.0. The normalized spacial score (nSPS) is 12.5. The molecule has 1 aromatic rings. The average Bonchev–Trinajstić information content (AvgIpc) is 2.66. The molecule has 1 aromatic carbocycles. The van der Waals surface area contributed by atoms with Gasteiger partial charge in [-0.15, -0.1) is 0 Å². The molecule has 0 saturated heterocycles. The molecule has 2 amide bonds. The minimum absolute atomic E-state index is 0.106. The van der Waals surface area contributed by atoms with E-state index >= 15 is 0 Å². The Morgan fingerprint density at radius 3 is 2.46 bits per heavy atom. The number of halogens is 1. The van der Waals surface area contributed by atoms with Crippen LogP contribution in [0.2, 0.25) is 0 Å². The molecule has 0 spiro atoms. The van der Waals surface area contributed by atoms with E-state index in [1.54, 1.807) is 13.8 Å². The highest BCUT2D eigenvalue weighted by Gasteiger charge is 2.32. The van der Waals surface area contributed by atoms with Crippen LogP contribution >= 0.6 is 0 Å². The number of nitrogens with one attached hydrogen (secondary N) is 1. The third-order valence-corrected chi connectivity index (χ3v) is 4.28. The maximum absolute atomic E-state index is 12.8. The third kappa shape index (κ3) is 7.09. The summed E-state index contributed by atoms with van der Waals surface area (Å²) in [5.74, 6) is -1.25. The Morgan fingerprint density at radius 2 is 1.88 bits per heavy atom. The fourth-order valence-corrected chi connectivity index (χ4v) is 2.42. The van der Waals surface area contributed by atoms with E-state index in [0.717, 1.165) is 12.0 Å². The first-order chi connectivity index (χ1) is 12.3. The molecule has 0 heterocycles. The highest BCUT2D eigenvalue weighted by atomic mass is 19.1. The average molecular weight is 368 g/mol. The Labute approximate surface area is 154 Å². The second-order valence-corrected chi connectivity index (χ2v) is 6.94. The van der Waals surface area contributed by atoms with Gasteiger partial charge in [0.1, 0.15) is 6.10 Å². The van der Waals surface area contributed by atoms with Crippen LogP contribution in [-0.2, 0) is 16.0 Å². The van der Waals surface area contributed by atoms with Gasteiger partial charge in [0.05, 0.1) is 6.61 Å². The monoisotopic (exact) mass is 368 g/mol. The second kappa shape index (κ2) is 10.9. The molecule has 26 heavy (non-hydrogen) atoms. The molecule has 1 atom stereocenters. The molecule has 3 N–H and O–H groups in total. The summed E-state index contributed by atoms with van der Waals surface area (Å²) in [5, 5.41) is 21.6. The number of carbonyl (C=O) groups is 2. The molecule has 6 nitrogen and oxygen atoms in total. The number of aliphatic hydroxyl groups excluding tert-OH is 2. The maximum atomic E-state index is 12.8. The van der Waals surface area contributed by atoms with Gasteiger partial charge in [0, 0.05) is 25.0 Å². The molecule has 0 aliphatic carbocycles. The summed E-state index contributed by atoms with van der Waals surface area (Å²) in [5.41, 5.74) is 0.177. The lowest BCUT2D eigenvalue weighted by molar-refractivity contribution is -0.138. The number of hydrogen-bond acceptors (Lipinski definition) is 4. The van der Waals surface area contributed by atoms with Crippen molar-refractivity contribution in [1.82, 2.24) is 10.2 Å². The summed E-state index contributed by atoms with van der Waals surface area (Å²) >= 11 is 0. The van der Waals surface area contributed by atoms with Crippen molar-refractivity contribution < 1.29 is 24.2 Å². The van der Waals surface area contributed by atoms with Gasteiger partial charge >= 0.3 is 0 Å². The zero-order valence-electron chi connectivity index (χ0n) is 15.4. The second-order valence-electron chi connectivity index (χ2n) is 6.94. The molecule has 0 bridgehead atoms. The van der Waals surface area contributed by atoms with Gasteiger partial charge in [0.2, 0.25) is 5.91 Å². The van der Waals surface area contributed by atoms with Crippen molar-refractivity contribution in [3.63, 3.8) is 0 Å². The van der Waals surface area contributed by atoms with Gasteiger partial charge < -0.3 is 20.4 Å². The van der Waals surface area contributed by atoms with Gasteiger partial charge in [-0.25, -0.2) is 4.39 Å². The molecule has 1 rings (SSSR count). The number of aryl methyl sites for hydroxylation is 1. The predicted octanol–water partition coefficient (Wildman–Crippen LogP) is 0.913. The van der Waals surface area contributed by atoms with Crippen molar-refractivity contribution in [2.75, 3.05) is 32.9 Å². The van der Waals surface area contributed by atoms with E-state index in [0.29, 0.717) is 13.0 Å². The molecule has 0 aromatic heterocycles. The van der Waals surface area contributed by atoms with Gasteiger partial charge in [0.25, 0.3) is 5.91 Å². The summed E-state index contributed by atoms with van der Waals surface area (Å²) in [6.45, 7) is 2.37. The highest BCUT2D eigenvalue weighted by molar-refractivity contribution is 5.81. The van der Waals surface area contributed by atoms with Crippen LogP contribution in [0, 0.1) is 5.41 Å². The van der Waals surface area contributed by atoms with Gasteiger partial charge in [-0.05, 0) is 18.4 Å². The van der Waals surface area contributed by atoms with Gasteiger partial charge in [0.15, 0.2) is 6.67 Å². The molecular weight excluding hydrogens is 339 g/mol. The standard InChI is InChI=1S/C19H29FN2O4/c1-19(2,14-23)17(25)18(26)21-10-12-22(16(24)13-20)11-6-9-15-7-4-3-5-8-15/h3-5,7-8,17,23,25H,6,9-14H2,1-2H3,(H,21,26). The predicted molar refractivity (Wildman–Crippen MR) is 97.2 cm³/mol. The molecule has 0 radical (unpaired) electrons.